The standard InChI is InChI=1S/C8H13NO2/c9-5-1-3-7(10)8-4-2-6-11-8/h2,4,6-7,10H,1,3,5,9H2. The molecule has 0 aliphatic carbocycles. The molecule has 1 heterocycles. The lowest BCUT2D eigenvalue weighted by Gasteiger charge is -2.04. The van der Waals surface area contributed by atoms with Crippen LogP contribution in [0.15, 0.2) is 22.8 Å². The lowest BCUT2D eigenvalue weighted by atomic mass is 10.1. The van der Waals surface area contributed by atoms with Gasteiger partial charge >= 0.3 is 0 Å². The minimum atomic E-state index is -0.492. The quantitative estimate of drug-likeness (QED) is 0.683. The molecular weight excluding hydrogens is 142 g/mol. The first-order chi connectivity index (χ1) is 5.34. The first kappa shape index (κ1) is 8.30. The second-order valence-corrected chi connectivity index (χ2v) is 2.46. The van der Waals surface area contributed by atoms with E-state index in [9.17, 15) is 5.11 Å². The van der Waals surface area contributed by atoms with E-state index in [1.807, 2.05) is 0 Å². The number of aliphatic hydroxyl groups excluding tert-OH is 1. The minimum absolute atomic E-state index is 0.492. The second kappa shape index (κ2) is 4.16. The fraction of sp³-hybridized carbons (Fsp3) is 0.500. The maximum absolute atomic E-state index is 9.39. The van der Waals surface area contributed by atoms with E-state index >= 15 is 0 Å². The largest absolute Gasteiger partial charge is 0.467 e. The highest BCUT2D eigenvalue weighted by atomic mass is 16.4. The third-order valence-electron chi connectivity index (χ3n) is 1.55. The molecule has 3 heteroatoms. The zero-order valence-electron chi connectivity index (χ0n) is 6.36. The zero-order chi connectivity index (χ0) is 8.10. The molecule has 0 fully saturated rings. The van der Waals surface area contributed by atoms with E-state index in [2.05, 4.69) is 0 Å². The molecule has 1 aromatic rings. The maximum atomic E-state index is 9.39. The van der Waals surface area contributed by atoms with Crippen molar-refractivity contribution in [1.29, 1.82) is 0 Å². The number of furan rings is 1. The molecule has 3 N–H and O–H groups in total. The van der Waals surface area contributed by atoms with Crippen LogP contribution in [0.3, 0.4) is 0 Å². The molecule has 0 saturated heterocycles. The third-order valence-corrected chi connectivity index (χ3v) is 1.55. The predicted molar refractivity (Wildman–Crippen MR) is 42.0 cm³/mol. The van der Waals surface area contributed by atoms with Crippen LogP contribution < -0.4 is 5.73 Å². The van der Waals surface area contributed by atoms with Crippen LogP contribution in [0, 0.1) is 0 Å². The lowest BCUT2D eigenvalue weighted by Crippen LogP contribution is -2.02. The van der Waals surface area contributed by atoms with Gasteiger partial charge in [0.05, 0.1) is 6.26 Å². The first-order valence-corrected chi connectivity index (χ1v) is 3.76. The Morgan fingerprint density at radius 3 is 3.00 bits per heavy atom. The highest BCUT2D eigenvalue weighted by Crippen LogP contribution is 2.17. The van der Waals surface area contributed by atoms with Crippen molar-refractivity contribution >= 4 is 0 Å². The molecule has 1 rings (SSSR count). The Bertz CT molecular complexity index is 184. The van der Waals surface area contributed by atoms with Crippen molar-refractivity contribution in [3.05, 3.63) is 24.2 Å². The number of hydrogen-bond acceptors (Lipinski definition) is 3. The highest BCUT2D eigenvalue weighted by molar-refractivity contribution is 5.01. The van der Waals surface area contributed by atoms with Gasteiger partial charge in [0.1, 0.15) is 11.9 Å². The van der Waals surface area contributed by atoms with Gasteiger partial charge in [-0.05, 0) is 31.5 Å². The van der Waals surface area contributed by atoms with E-state index in [1.54, 1.807) is 18.4 Å². The first-order valence-electron chi connectivity index (χ1n) is 3.76. The predicted octanol–water partition coefficient (Wildman–Crippen LogP) is 1.05. The van der Waals surface area contributed by atoms with Gasteiger partial charge < -0.3 is 15.3 Å². The van der Waals surface area contributed by atoms with Gasteiger partial charge in [0, 0.05) is 0 Å². The van der Waals surface area contributed by atoms with E-state index in [0.29, 0.717) is 18.7 Å². The van der Waals surface area contributed by atoms with Gasteiger partial charge in [0.25, 0.3) is 0 Å². The topological polar surface area (TPSA) is 59.4 Å². The molecule has 62 valence electrons. The Morgan fingerprint density at radius 1 is 1.64 bits per heavy atom. The van der Waals surface area contributed by atoms with E-state index < -0.39 is 6.10 Å². The van der Waals surface area contributed by atoms with Crippen LogP contribution in [0.2, 0.25) is 0 Å². The Labute approximate surface area is 65.8 Å². The molecule has 0 spiro atoms. The monoisotopic (exact) mass is 155 g/mol. The number of nitrogens with two attached hydrogens (primary N) is 1. The van der Waals surface area contributed by atoms with Crippen molar-refractivity contribution in [2.24, 2.45) is 5.73 Å². The average molecular weight is 155 g/mol. The van der Waals surface area contributed by atoms with Crippen molar-refractivity contribution in [1.82, 2.24) is 0 Å². The molecule has 1 atom stereocenters. The summed E-state index contributed by atoms with van der Waals surface area (Å²) in [6, 6.07) is 3.53. The number of rotatable bonds is 4. The molecule has 0 aliphatic heterocycles. The van der Waals surface area contributed by atoms with Crippen LogP contribution in [0.5, 0.6) is 0 Å². The van der Waals surface area contributed by atoms with Crippen LogP contribution in [-0.4, -0.2) is 11.7 Å². The average Bonchev–Trinajstić information content (AvgIpc) is 2.52. The van der Waals surface area contributed by atoms with E-state index in [4.69, 9.17) is 10.2 Å². The maximum Gasteiger partial charge on any atom is 0.132 e. The van der Waals surface area contributed by atoms with E-state index in [-0.39, 0.29) is 0 Å². The van der Waals surface area contributed by atoms with Crippen LogP contribution in [0.1, 0.15) is 24.7 Å². The van der Waals surface area contributed by atoms with E-state index in [1.165, 1.54) is 0 Å². The summed E-state index contributed by atoms with van der Waals surface area (Å²) >= 11 is 0. The van der Waals surface area contributed by atoms with Gasteiger partial charge in [-0.1, -0.05) is 0 Å². The van der Waals surface area contributed by atoms with Gasteiger partial charge in [0.2, 0.25) is 0 Å². The van der Waals surface area contributed by atoms with Crippen molar-refractivity contribution < 1.29 is 9.52 Å². The molecule has 0 radical (unpaired) electrons. The van der Waals surface area contributed by atoms with Crippen molar-refractivity contribution in [3.8, 4) is 0 Å². The van der Waals surface area contributed by atoms with Crippen LogP contribution >= 0.6 is 0 Å². The zero-order valence-corrected chi connectivity index (χ0v) is 6.36. The van der Waals surface area contributed by atoms with Crippen molar-refractivity contribution in [3.63, 3.8) is 0 Å². The van der Waals surface area contributed by atoms with Gasteiger partial charge in [-0.3, -0.25) is 0 Å². The summed E-state index contributed by atoms with van der Waals surface area (Å²) in [7, 11) is 0. The summed E-state index contributed by atoms with van der Waals surface area (Å²) < 4.78 is 5.00. The van der Waals surface area contributed by atoms with Gasteiger partial charge in [0.15, 0.2) is 0 Å². The molecule has 1 aromatic heterocycles. The van der Waals surface area contributed by atoms with Crippen molar-refractivity contribution in [2.45, 2.75) is 18.9 Å². The molecule has 3 nitrogen and oxygen atoms in total. The number of aliphatic hydroxyl groups is 1. The highest BCUT2D eigenvalue weighted by Gasteiger charge is 2.08. The molecule has 0 saturated carbocycles. The Hall–Kier alpha value is -0.800. The minimum Gasteiger partial charge on any atom is -0.467 e. The van der Waals surface area contributed by atoms with Crippen LogP contribution in [-0.2, 0) is 0 Å². The van der Waals surface area contributed by atoms with Crippen molar-refractivity contribution in [2.75, 3.05) is 6.54 Å². The Balaban J connectivity index is 2.36. The van der Waals surface area contributed by atoms with Crippen LogP contribution in [0.4, 0.5) is 0 Å². The summed E-state index contributed by atoms with van der Waals surface area (Å²) in [5.74, 6) is 0.624. The summed E-state index contributed by atoms with van der Waals surface area (Å²) in [5.41, 5.74) is 5.29. The van der Waals surface area contributed by atoms with Gasteiger partial charge in [-0.25, -0.2) is 0 Å². The summed E-state index contributed by atoms with van der Waals surface area (Å²) in [4.78, 5) is 0. The second-order valence-electron chi connectivity index (χ2n) is 2.46. The smallest absolute Gasteiger partial charge is 0.132 e. The number of hydrogen-bond donors (Lipinski definition) is 2. The molecule has 0 bridgehead atoms. The molecule has 11 heavy (non-hydrogen) atoms. The molecule has 1 unspecified atom stereocenters. The fourth-order valence-corrected chi connectivity index (χ4v) is 0.934. The molecule has 0 aromatic carbocycles. The van der Waals surface area contributed by atoms with E-state index in [0.717, 1.165) is 6.42 Å². The van der Waals surface area contributed by atoms with Gasteiger partial charge in [-0.15, -0.1) is 0 Å². The lowest BCUT2D eigenvalue weighted by molar-refractivity contribution is 0.138. The third kappa shape index (κ3) is 2.37. The van der Waals surface area contributed by atoms with Crippen LogP contribution in [0.25, 0.3) is 0 Å². The molecular formula is C8H13NO2. The SMILES string of the molecule is NCCCC(O)c1ccco1. The Kier molecular flexibility index (Phi) is 3.14. The molecule has 0 amide bonds. The summed E-state index contributed by atoms with van der Waals surface area (Å²) in [6.45, 7) is 0.609. The van der Waals surface area contributed by atoms with Gasteiger partial charge in [-0.2, -0.15) is 0 Å². The summed E-state index contributed by atoms with van der Waals surface area (Å²) in [6.07, 6.45) is 2.56. The fourth-order valence-electron chi connectivity index (χ4n) is 0.934. The normalized spacial score (nSPS) is 13.3. The molecule has 0 aliphatic rings. The Morgan fingerprint density at radius 2 is 2.45 bits per heavy atom. The summed E-state index contributed by atoms with van der Waals surface area (Å²) in [5, 5.41) is 9.39.